The van der Waals surface area contributed by atoms with Crippen LogP contribution in [0.25, 0.3) is 0 Å². The Balaban J connectivity index is 2.06. The van der Waals surface area contributed by atoms with E-state index in [1.807, 2.05) is 0 Å². The molecule has 0 saturated heterocycles. The van der Waals surface area contributed by atoms with Crippen LogP contribution in [0.4, 0.5) is 0 Å². The Morgan fingerprint density at radius 2 is 2.05 bits per heavy atom. The van der Waals surface area contributed by atoms with Gasteiger partial charge in [-0.25, -0.2) is 13.1 Å². The van der Waals surface area contributed by atoms with Gasteiger partial charge in [-0.3, -0.25) is 0 Å². The van der Waals surface area contributed by atoms with Gasteiger partial charge in [-0.05, 0) is 50.3 Å². The van der Waals surface area contributed by atoms with Gasteiger partial charge in [-0.2, -0.15) is 0 Å². The topological polar surface area (TPSA) is 71.3 Å². The van der Waals surface area contributed by atoms with Crippen molar-refractivity contribution >= 4 is 10.0 Å². The molecule has 0 bridgehead atoms. The van der Waals surface area contributed by atoms with Crippen molar-refractivity contribution in [2.24, 2.45) is 11.8 Å². The zero-order chi connectivity index (χ0) is 14.8. The fourth-order valence-electron chi connectivity index (χ4n) is 2.87. The largest absolute Gasteiger partial charge is 0.447 e. The first-order valence-corrected chi connectivity index (χ1v) is 8.66. The molecular formula is C14H24N2O3S. The van der Waals surface area contributed by atoms with Crippen LogP contribution >= 0.6 is 0 Å². The fraction of sp³-hybridized carbons (Fsp3) is 0.714. The third kappa shape index (κ3) is 3.62. The van der Waals surface area contributed by atoms with E-state index >= 15 is 0 Å². The number of rotatable bonds is 5. The third-order valence-corrected chi connectivity index (χ3v) is 5.35. The van der Waals surface area contributed by atoms with Gasteiger partial charge in [0, 0.05) is 6.04 Å². The molecule has 0 aromatic carbocycles. The zero-order valence-electron chi connectivity index (χ0n) is 12.3. The lowest BCUT2D eigenvalue weighted by molar-refractivity contribution is 0.248. The summed E-state index contributed by atoms with van der Waals surface area (Å²) in [5.74, 6) is 1.66. The minimum Gasteiger partial charge on any atom is -0.447 e. The van der Waals surface area contributed by atoms with Crippen LogP contribution in [0.15, 0.2) is 21.6 Å². The Morgan fingerprint density at radius 3 is 2.70 bits per heavy atom. The Hall–Kier alpha value is -0.850. The lowest BCUT2D eigenvalue weighted by Crippen LogP contribution is -2.42. The first kappa shape index (κ1) is 15.5. The van der Waals surface area contributed by atoms with Crippen molar-refractivity contribution in [1.29, 1.82) is 0 Å². The van der Waals surface area contributed by atoms with Crippen LogP contribution in [-0.2, 0) is 16.6 Å². The predicted octanol–water partition coefficient (Wildman–Crippen LogP) is 2.10. The summed E-state index contributed by atoms with van der Waals surface area (Å²) in [6.07, 6.45) is 3.03. The van der Waals surface area contributed by atoms with Gasteiger partial charge in [0.25, 0.3) is 10.0 Å². The Bertz CT molecular complexity index is 538. The van der Waals surface area contributed by atoms with Gasteiger partial charge in [-0.15, -0.1) is 0 Å². The van der Waals surface area contributed by atoms with E-state index in [9.17, 15) is 8.42 Å². The van der Waals surface area contributed by atoms with Crippen molar-refractivity contribution in [3.8, 4) is 0 Å². The second kappa shape index (κ2) is 6.28. The molecule has 0 radical (unpaired) electrons. The number of sulfonamides is 1. The molecule has 20 heavy (non-hydrogen) atoms. The monoisotopic (exact) mass is 300 g/mol. The molecule has 0 amide bonds. The minimum atomic E-state index is -3.55. The molecule has 0 aliphatic heterocycles. The second-order valence-electron chi connectivity index (χ2n) is 5.87. The highest BCUT2D eigenvalue weighted by Gasteiger charge is 2.30. The molecule has 6 heteroatoms. The average molecular weight is 300 g/mol. The molecule has 1 aliphatic carbocycles. The lowest BCUT2D eigenvalue weighted by Gasteiger charge is -2.32. The molecule has 3 unspecified atom stereocenters. The standard InChI is InChI=1S/C14H24N2O3S/c1-10-4-6-13(11(2)8-10)16-20(17,18)14-7-5-12(19-14)9-15-3/h5,7,10-11,13,15-16H,4,6,8-9H2,1-3H3. The van der Waals surface area contributed by atoms with Crippen molar-refractivity contribution in [1.82, 2.24) is 10.0 Å². The number of hydrogen-bond acceptors (Lipinski definition) is 4. The molecule has 1 saturated carbocycles. The van der Waals surface area contributed by atoms with E-state index in [-0.39, 0.29) is 11.1 Å². The highest BCUT2D eigenvalue weighted by atomic mass is 32.2. The van der Waals surface area contributed by atoms with E-state index in [1.54, 1.807) is 13.1 Å². The van der Waals surface area contributed by atoms with Crippen molar-refractivity contribution in [2.45, 2.75) is 50.8 Å². The molecule has 1 aromatic rings. The molecule has 1 heterocycles. The number of furan rings is 1. The van der Waals surface area contributed by atoms with Crippen LogP contribution in [0.1, 0.15) is 38.9 Å². The quantitative estimate of drug-likeness (QED) is 0.873. The zero-order valence-corrected chi connectivity index (χ0v) is 13.2. The maximum atomic E-state index is 12.3. The molecule has 0 spiro atoms. The Morgan fingerprint density at radius 1 is 1.30 bits per heavy atom. The number of nitrogens with one attached hydrogen (secondary N) is 2. The van der Waals surface area contributed by atoms with Crippen LogP contribution in [0.3, 0.4) is 0 Å². The maximum Gasteiger partial charge on any atom is 0.274 e. The van der Waals surface area contributed by atoms with E-state index in [0.717, 1.165) is 19.3 Å². The van der Waals surface area contributed by atoms with Gasteiger partial charge in [0.2, 0.25) is 5.09 Å². The summed E-state index contributed by atoms with van der Waals surface area (Å²) in [5, 5.41) is 2.94. The molecule has 2 rings (SSSR count). The molecular weight excluding hydrogens is 276 g/mol. The second-order valence-corrected chi connectivity index (χ2v) is 7.52. The van der Waals surface area contributed by atoms with Gasteiger partial charge in [0.15, 0.2) is 0 Å². The minimum absolute atomic E-state index is 0.00794. The number of hydrogen-bond donors (Lipinski definition) is 2. The molecule has 3 atom stereocenters. The molecule has 1 aliphatic rings. The summed E-state index contributed by atoms with van der Waals surface area (Å²) >= 11 is 0. The molecule has 1 fully saturated rings. The van der Waals surface area contributed by atoms with Crippen molar-refractivity contribution in [3.05, 3.63) is 17.9 Å². The van der Waals surface area contributed by atoms with Crippen LogP contribution in [0.5, 0.6) is 0 Å². The Kier molecular flexibility index (Phi) is 4.88. The predicted molar refractivity (Wildman–Crippen MR) is 77.8 cm³/mol. The van der Waals surface area contributed by atoms with Gasteiger partial charge in [0.1, 0.15) is 5.76 Å². The van der Waals surface area contributed by atoms with Crippen LogP contribution in [0.2, 0.25) is 0 Å². The molecule has 114 valence electrons. The molecule has 1 aromatic heterocycles. The van der Waals surface area contributed by atoms with Crippen molar-refractivity contribution < 1.29 is 12.8 Å². The van der Waals surface area contributed by atoms with Gasteiger partial charge < -0.3 is 9.73 Å². The van der Waals surface area contributed by atoms with Gasteiger partial charge in [-0.1, -0.05) is 13.8 Å². The summed E-state index contributed by atoms with van der Waals surface area (Å²) in [7, 11) is -1.76. The van der Waals surface area contributed by atoms with Gasteiger partial charge >= 0.3 is 0 Å². The first-order valence-electron chi connectivity index (χ1n) is 7.18. The van der Waals surface area contributed by atoms with E-state index in [1.165, 1.54) is 6.07 Å². The fourth-order valence-corrected chi connectivity index (χ4v) is 4.20. The van der Waals surface area contributed by atoms with Crippen LogP contribution in [-0.4, -0.2) is 21.5 Å². The summed E-state index contributed by atoms with van der Waals surface area (Å²) in [4.78, 5) is 0. The SMILES string of the molecule is CNCc1ccc(S(=O)(=O)NC2CCC(C)CC2C)o1. The summed E-state index contributed by atoms with van der Waals surface area (Å²) in [5.41, 5.74) is 0. The van der Waals surface area contributed by atoms with Crippen molar-refractivity contribution in [3.63, 3.8) is 0 Å². The normalized spacial score (nSPS) is 27.6. The summed E-state index contributed by atoms with van der Waals surface area (Å²) in [6.45, 7) is 4.85. The average Bonchev–Trinajstić information content (AvgIpc) is 2.83. The highest BCUT2D eigenvalue weighted by Crippen LogP contribution is 2.29. The van der Waals surface area contributed by atoms with E-state index in [4.69, 9.17) is 4.42 Å². The van der Waals surface area contributed by atoms with E-state index < -0.39 is 10.0 Å². The van der Waals surface area contributed by atoms with Gasteiger partial charge in [0.05, 0.1) is 6.54 Å². The third-order valence-electron chi connectivity index (χ3n) is 3.99. The highest BCUT2D eigenvalue weighted by molar-refractivity contribution is 7.89. The summed E-state index contributed by atoms with van der Waals surface area (Å²) < 4.78 is 32.8. The molecule has 2 N–H and O–H groups in total. The Labute approximate surface area is 121 Å². The maximum absolute atomic E-state index is 12.3. The first-order chi connectivity index (χ1) is 9.42. The van der Waals surface area contributed by atoms with Crippen LogP contribution < -0.4 is 10.0 Å². The van der Waals surface area contributed by atoms with E-state index in [2.05, 4.69) is 23.9 Å². The lowest BCUT2D eigenvalue weighted by atomic mass is 9.80. The summed E-state index contributed by atoms with van der Waals surface area (Å²) in [6, 6.07) is 3.22. The van der Waals surface area contributed by atoms with Crippen molar-refractivity contribution in [2.75, 3.05) is 7.05 Å². The smallest absolute Gasteiger partial charge is 0.274 e. The van der Waals surface area contributed by atoms with E-state index in [0.29, 0.717) is 24.1 Å². The van der Waals surface area contributed by atoms with Crippen LogP contribution in [0, 0.1) is 11.8 Å². The molecule has 5 nitrogen and oxygen atoms in total.